The summed E-state index contributed by atoms with van der Waals surface area (Å²) in [6.07, 6.45) is 6.41. The monoisotopic (exact) mass is 218 g/mol. The lowest BCUT2D eigenvalue weighted by molar-refractivity contribution is -0.0501. The minimum absolute atomic E-state index is 0.0928. The van der Waals surface area contributed by atoms with Gasteiger partial charge in [0.2, 0.25) is 0 Å². The molecule has 14 heavy (non-hydrogen) atoms. The van der Waals surface area contributed by atoms with Crippen molar-refractivity contribution in [3.8, 4) is 0 Å². The summed E-state index contributed by atoms with van der Waals surface area (Å²) in [6, 6.07) is 0. The molecule has 1 unspecified atom stereocenters. The number of allylic oxidation sites excluding steroid dienone is 1. The molecule has 2 nitrogen and oxygen atoms in total. The Kier molecular flexibility index (Phi) is 4.93. The normalized spacial score (nSPS) is 28.4. The van der Waals surface area contributed by atoms with Crippen molar-refractivity contribution in [1.82, 2.24) is 0 Å². The van der Waals surface area contributed by atoms with E-state index in [4.69, 9.17) is 21.4 Å². The van der Waals surface area contributed by atoms with Crippen LogP contribution in [0.4, 0.5) is 0 Å². The van der Waals surface area contributed by atoms with Crippen LogP contribution in [0.1, 0.15) is 32.6 Å². The quantitative estimate of drug-likeness (QED) is 0.581. The molecule has 0 aromatic heterocycles. The van der Waals surface area contributed by atoms with Crippen LogP contribution in [0.5, 0.6) is 0 Å². The minimum atomic E-state index is -0.125. The van der Waals surface area contributed by atoms with Gasteiger partial charge in [-0.1, -0.05) is 11.6 Å². The van der Waals surface area contributed by atoms with Crippen molar-refractivity contribution in [2.75, 3.05) is 19.1 Å². The van der Waals surface area contributed by atoms with E-state index in [9.17, 15) is 0 Å². The van der Waals surface area contributed by atoms with E-state index in [-0.39, 0.29) is 12.2 Å². The fourth-order valence-electron chi connectivity index (χ4n) is 1.94. The van der Waals surface area contributed by atoms with Crippen LogP contribution in [0.25, 0.3) is 0 Å². The SMILES string of the molecule is CC1(OCCO)CCCC=C(CCl)C1. The summed E-state index contributed by atoms with van der Waals surface area (Å²) in [4.78, 5) is 0. The molecular formula is C11H19ClO2. The molecule has 1 atom stereocenters. The smallest absolute Gasteiger partial charge is 0.0705 e. The van der Waals surface area contributed by atoms with E-state index in [0.717, 1.165) is 25.7 Å². The van der Waals surface area contributed by atoms with Crippen molar-refractivity contribution in [2.24, 2.45) is 0 Å². The molecule has 0 saturated carbocycles. The summed E-state index contributed by atoms with van der Waals surface area (Å²) < 4.78 is 5.68. The Bertz CT molecular complexity index is 203. The molecule has 3 heteroatoms. The highest BCUT2D eigenvalue weighted by atomic mass is 35.5. The van der Waals surface area contributed by atoms with Gasteiger partial charge in [0.25, 0.3) is 0 Å². The van der Waals surface area contributed by atoms with Gasteiger partial charge < -0.3 is 9.84 Å². The highest BCUT2D eigenvalue weighted by molar-refractivity contribution is 6.19. The molecule has 1 rings (SSSR count). The van der Waals surface area contributed by atoms with E-state index >= 15 is 0 Å². The Morgan fingerprint density at radius 2 is 2.43 bits per heavy atom. The number of aliphatic hydroxyl groups is 1. The van der Waals surface area contributed by atoms with Crippen LogP contribution in [0.3, 0.4) is 0 Å². The van der Waals surface area contributed by atoms with Crippen molar-refractivity contribution >= 4 is 11.6 Å². The van der Waals surface area contributed by atoms with Crippen molar-refractivity contribution in [1.29, 1.82) is 0 Å². The first kappa shape index (κ1) is 12.0. The van der Waals surface area contributed by atoms with E-state index in [1.54, 1.807) is 0 Å². The lowest BCUT2D eigenvalue weighted by atomic mass is 9.94. The molecular weight excluding hydrogens is 200 g/mol. The summed E-state index contributed by atoms with van der Waals surface area (Å²) >= 11 is 5.84. The van der Waals surface area contributed by atoms with Crippen molar-refractivity contribution in [2.45, 2.75) is 38.2 Å². The molecule has 0 aliphatic heterocycles. The predicted molar refractivity (Wildman–Crippen MR) is 58.7 cm³/mol. The molecule has 0 amide bonds. The third-order valence-electron chi connectivity index (χ3n) is 2.66. The maximum Gasteiger partial charge on any atom is 0.0705 e. The van der Waals surface area contributed by atoms with Crippen LogP contribution in [0.2, 0.25) is 0 Å². The van der Waals surface area contributed by atoms with Crippen molar-refractivity contribution in [3.05, 3.63) is 11.6 Å². The number of hydrogen-bond donors (Lipinski definition) is 1. The maximum absolute atomic E-state index is 8.74. The Labute approximate surface area is 90.9 Å². The second kappa shape index (κ2) is 5.74. The van der Waals surface area contributed by atoms with Gasteiger partial charge in [-0.3, -0.25) is 0 Å². The van der Waals surface area contributed by atoms with E-state index in [0.29, 0.717) is 12.5 Å². The summed E-state index contributed by atoms with van der Waals surface area (Å²) in [5, 5.41) is 8.74. The first-order chi connectivity index (χ1) is 6.70. The third-order valence-corrected chi connectivity index (χ3v) is 3.00. The zero-order valence-electron chi connectivity index (χ0n) is 8.76. The molecule has 0 fully saturated rings. The lowest BCUT2D eigenvalue weighted by Crippen LogP contribution is -2.30. The van der Waals surface area contributed by atoms with Crippen LogP contribution < -0.4 is 0 Å². The number of aliphatic hydroxyl groups excluding tert-OH is 1. The number of halogens is 1. The third kappa shape index (κ3) is 3.60. The first-order valence-electron chi connectivity index (χ1n) is 5.19. The van der Waals surface area contributed by atoms with Gasteiger partial charge in [0.05, 0.1) is 18.8 Å². The predicted octanol–water partition coefficient (Wildman–Crippen LogP) is 2.49. The van der Waals surface area contributed by atoms with Crippen LogP contribution >= 0.6 is 11.6 Å². The maximum atomic E-state index is 8.74. The van der Waals surface area contributed by atoms with Gasteiger partial charge in [-0.05, 0) is 32.6 Å². The topological polar surface area (TPSA) is 29.5 Å². The number of rotatable bonds is 4. The average molecular weight is 219 g/mol. The molecule has 82 valence electrons. The molecule has 0 heterocycles. The van der Waals surface area contributed by atoms with Gasteiger partial charge in [-0.25, -0.2) is 0 Å². The molecule has 0 spiro atoms. The first-order valence-corrected chi connectivity index (χ1v) is 5.72. The fraction of sp³-hybridized carbons (Fsp3) is 0.818. The lowest BCUT2D eigenvalue weighted by Gasteiger charge is -2.29. The van der Waals surface area contributed by atoms with Gasteiger partial charge in [-0.2, -0.15) is 0 Å². The van der Waals surface area contributed by atoms with E-state index in [1.165, 1.54) is 5.57 Å². The summed E-state index contributed by atoms with van der Waals surface area (Å²) in [5.74, 6) is 0.595. The van der Waals surface area contributed by atoms with Crippen LogP contribution in [-0.4, -0.2) is 29.8 Å². The van der Waals surface area contributed by atoms with Gasteiger partial charge in [-0.15, -0.1) is 11.6 Å². The van der Waals surface area contributed by atoms with Crippen molar-refractivity contribution < 1.29 is 9.84 Å². The highest BCUT2D eigenvalue weighted by Crippen LogP contribution is 2.30. The second-order valence-electron chi connectivity index (χ2n) is 4.09. The fourth-order valence-corrected chi connectivity index (χ4v) is 2.14. The molecule has 1 aliphatic carbocycles. The van der Waals surface area contributed by atoms with Crippen LogP contribution in [0, 0.1) is 0 Å². The molecule has 0 saturated heterocycles. The largest absolute Gasteiger partial charge is 0.394 e. The second-order valence-corrected chi connectivity index (χ2v) is 4.35. The van der Waals surface area contributed by atoms with E-state index < -0.39 is 0 Å². The summed E-state index contributed by atoms with van der Waals surface area (Å²) in [5.41, 5.74) is 1.14. The molecule has 1 N–H and O–H groups in total. The van der Waals surface area contributed by atoms with E-state index in [1.807, 2.05) is 0 Å². The molecule has 0 bridgehead atoms. The van der Waals surface area contributed by atoms with Gasteiger partial charge in [0.15, 0.2) is 0 Å². The number of ether oxygens (including phenoxy) is 1. The Morgan fingerprint density at radius 1 is 1.64 bits per heavy atom. The Morgan fingerprint density at radius 3 is 3.07 bits per heavy atom. The summed E-state index contributed by atoms with van der Waals surface area (Å²) in [6.45, 7) is 2.62. The Balaban J connectivity index is 2.54. The Hall–Kier alpha value is -0.0500. The minimum Gasteiger partial charge on any atom is -0.394 e. The molecule has 0 radical (unpaired) electrons. The highest BCUT2D eigenvalue weighted by Gasteiger charge is 2.27. The van der Waals surface area contributed by atoms with Crippen molar-refractivity contribution in [3.63, 3.8) is 0 Å². The van der Waals surface area contributed by atoms with Gasteiger partial charge in [0.1, 0.15) is 0 Å². The zero-order chi connectivity index (χ0) is 10.4. The average Bonchev–Trinajstić information content (AvgIpc) is 2.38. The van der Waals surface area contributed by atoms with E-state index in [2.05, 4.69) is 13.0 Å². The summed E-state index contributed by atoms with van der Waals surface area (Å²) in [7, 11) is 0. The molecule has 1 aliphatic rings. The number of hydrogen-bond acceptors (Lipinski definition) is 2. The standard InChI is InChI=1S/C11H19ClO2/c1-11(14-7-6-13)5-3-2-4-10(8-11)9-12/h4,13H,2-3,5-9H2,1H3. The zero-order valence-corrected chi connectivity index (χ0v) is 9.52. The molecule has 0 aromatic rings. The molecule has 0 aromatic carbocycles. The van der Waals surface area contributed by atoms with Gasteiger partial charge >= 0.3 is 0 Å². The van der Waals surface area contributed by atoms with Crippen LogP contribution in [-0.2, 0) is 4.74 Å². The van der Waals surface area contributed by atoms with Crippen LogP contribution in [0.15, 0.2) is 11.6 Å². The van der Waals surface area contributed by atoms with Gasteiger partial charge in [0, 0.05) is 5.88 Å². The number of alkyl halides is 1.